The minimum absolute atomic E-state index is 0.254. The first kappa shape index (κ1) is 21.3. The Balaban J connectivity index is 2.69. The van der Waals surface area contributed by atoms with Gasteiger partial charge in [-0.25, -0.2) is 0 Å². The van der Waals surface area contributed by atoms with Crippen LogP contribution in [0.15, 0.2) is 30.3 Å². The summed E-state index contributed by atoms with van der Waals surface area (Å²) in [5, 5.41) is 0. The largest absolute Gasteiger partial charge is 0.505 e. The molecule has 0 radical (unpaired) electrons. The second-order valence-electron chi connectivity index (χ2n) is 6.16. The van der Waals surface area contributed by atoms with Gasteiger partial charge in [0, 0.05) is 32.5 Å². The molecule has 0 aliphatic heterocycles. The summed E-state index contributed by atoms with van der Waals surface area (Å²) in [5.74, 6) is 0. The van der Waals surface area contributed by atoms with Crippen LogP contribution >= 0.6 is 0 Å². The zero-order valence-electron chi connectivity index (χ0n) is 15.8. The highest BCUT2D eigenvalue weighted by Gasteiger charge is 2.41. The SMILES string of the molecule is CCCO[Si](Cc1ccccc1)(OCCC)OCCCOC(C)C. The van der Waals surface area contributed by atoms with Crippen LogP contribution in [0, 0.1) is 0 Å². The molecule has 0 aliphatic carbocycles. The van der Waals surface area contributed by atoms with Crippen LogP contribution in [-0.2, 0) is 24.1 Å². The maximum atomic E-state index is 6.23. The monoisotopic (exact) mass is 354 g/mol. The van der Waals surface area contributed by atoms with Crippen molar-refractivity contribution in [1.29, 1.82) is 0 Å². The van der Waals surface area contributed by atoms with Crippen molar-refractivity contribution in [3.63, 3.8) is 0 Å². The van der Waals surface area contributed by atoms with E-state index in [2.05, 4.69) is 26.0 Å². The summed E-state index contributed by atoms with van der Waals surface area (Å²) in [6, 6.07) is 11.1. The Labute approximate surface area is 148 Å². The molecule has 1 aromatic carbocycles. The molecule has 138 valence electrons. The van der Waals surface area contributed by atoms with Crippen LogP contribution < -0.4 is 0 Å². The van der Waals surface area contributed by atoms with E-state index in [-0.39, 0.29) is 6.10 Å². The number of hydrogen-bond acceptors (Lipinski definition) is 4. The molecule has 0 N–H and O–H groups in total. The van der Waals surface area contributed by atoms with Gasteiger partial charge in [-0.3, -0.25) is 0 Å². The lowest BCUT2D eigenvalue weighted by molar-refractivity contribution is 0.0370. The van der Waals surface area contributed by atoms with E-state index in [4.69, 9.17) is 18.0 Å². The van der Waals surface area contributed by atoms with Crippen molar-refractivity contribution in [2.45, 2.75) is 59.1 Å². The van der Waals surface area contributed by atoms with Gasteiger partial charge in [-0.2, -0.15) is 0 Å². The topological polar surface area (TPSA) is 36.9 Å². The van der Waals surface area contributed by atoms with E-state index in [1.807, 2.05) is 32.0 Å². The molecule has 1 aromatic rings. The third-order valence-electron chi connectivity index (χ3n) is 3.38. The number of rotatable bonds is 14. The number of hydrogen-bond donors (Lipinski definition) is 0. The maximum absolute atomic E-state index is 6.23. The third-order valence-corrected chi connectivity index (χ3v) is 6.15. The predicted octanol–water partition coefficient (Wildman–Crippen LogP) is 4.39. The molecule has 0 heterocycles. The Bertz CT molecular complexity index is 403. The van der Waals surface area contributed by atoms with E-state index in [0.717, 1.165) is 25.3 Å². The molecule has 0 unspecified atom stereocenters. The molecule has 5 heteroatoms. The lowest BCUT2D eigenvalue weighted by Gasteiger charge is -2.30. The lowest BCUT2D eigenvalue weighted by Crippen LogP contribution is -2.49. The van der Waals surface area contributed by atoms with Gasteiger partial charge >= 0.3 is 8.80 Å². The molecule has 0 aliphatic rings. The van der Waals surface area contributed by atoms with Crippen LogP contribution in [-0.4, -0.2) is 41.3 Å². The fraction of sp³-hybridized carbons (Fsp3) is 0.684. The highest BCUT2D eigenvalue weighted by Crippen LogP contribution is 2.18. The first-order chi connectivity index (χ1) is 11.6. The van der Waals surface area contributed by atoms with Crippen LogP contribution in [0.3, 0.4) is 0 Å². The van der Waals surface area contributed by atoms with Gasteiger partial charge in [0.2, 0.25) is 0 Å². The molecule has 24 heavy (non-hydrogen) atoms. The minimum atomic E-state index is -2.71. The Kier molecular flexibility index (Phi) is 11.2. The van der Waals surface area contributed by atoms with Gasteiger partial charge in [0.1, 0.15) is 0 Å². The van der Waals surface area contributed by atoms with Gasteiger partial charge in [-0.05, 0) is 38.7 Å². The summed E-state index contributed by atoms with van der Waals surface area (Å²) in [6.07, 6.45) is 3.02. The summed E-state index contributed by atoms with van der Waals surface area (Å²) >= 11 is 0. The zero-order valence-corrected chi connectivity index (χ0v) is 16.8. The van der Waals surface area contributed by atoms with E-state index in [1.165, 1.54) is 5.56 Å². The second-order valence-corrected chi connectivity index (χ2v) is 8.75. The van der Waals surface area contributed by atoms with E-state index in [9.17, 15) is 0 Å². The molecule has 0 atom stereocenters. The summed E-state index contributed by atoms with van der Waals surface area (Å²) in [6.45, 7) is 11.0. The van der Waals surface area contributed by atoms with Crippen LogP contribution in [0.25, 0.3) is 0 Å². The Hall–Kier alpha value is -0.723. The van der Waals surface area contributed by atoms with Gasteiger partial charge in [-0.15, -0.1) is 0 Å². The summed E-state index contributed by atoms with van der Waals surface area (Å²) in [5.41, 5.74) is 1.20. The number of ether oxygens (including phenoxy) is 1. The molecule has 0 saturated heterocycles. The molecule has 0 aromatic heterocycles. The van der Waals surface area contributed by atoms with Crippen LogP contribution in [0.4, 0.5) is 0 Å². The first-order valence-electron chi connectivity index (χ1n) is 9.19. The second kappa shape index (κ2) is 12.6. The highest BCUT2D eigenvalue weighted by atomic mass is 28.4. The molecule has 0 saturated carbocycles. The maximum Gasteiger partial charge on any atom is 0.505 e. The van der Waals surface area contributed by atoms with Crippen molar-refractivity contribution < 1.29 is 18.0 Å². The molecule has 0 amide bonds. The quantitative estimate of drug-likeness (QED) is 0.367. The van der Waals surface area contributed by atoms with Crippen LogP contribution in [0.1, 0.15) is 52.5 Å². The van der Waals surface area contributed by atoms with Crippen molar-refractivity contribution >= 4 is 8.80 Å². The molecular weight excluding hydrogens is 320 g/mol. The first-order valence-corrected chi connectivity index (χ1v) is 11.1. The van der Waals surface area contributed by atoms with Crippen molar-refractivity contribution in [1.82, 2.24) is 0 Å². The molecule has 1 rings (SSSR count). The van der Waals surface area contributed by atoms with Crippen LogP contribution in [0.5, 0.6) is 0 Å². The highest BCUT2D eigenvalue weighted by molar-refractivity contribution is 6.60. The van der Waals surface area contributed by atoms with Crippen molar-refractivity contribution in [2.75, 3.05) is 26.4 Å². The molecule has 0 bridgehead atoms. The van der Waals surface area contributed by atoms with Crippen molar-refractivity contribution in [3.8, 4) is 0 Å². The van der Waals surface area contributed by atoms with E-state index < -0.39 is 8.80 Å². The Morgan fingerprint density at radius 3 is 1.96 bits per heavy atom. The third kappa shape index (κ3) is 8.94. The van der Waals surface area contributed by atoms with E-state index >= 15 is 0 Å². The fourth-order valence-electron chi connectivity index (χ4n) is 2.24. The van der Waals surface area contributed by atoms with Gasteiger partial charge in [0.05, 0.1) is 6.10 Å². The van der Waals surface area contributed by atoms with E-state index in [1.54, 1.807) is 0 Å². The average Bonchev–Trinajstić information content (AvgIpc) is 2.58. The molecular formula is C19H34O4Si. The summed E-state index contributed by atoms with van der Waals surface area (Å²) in [7, 11) is -2.71. The summed E-state index contributed by atoms with van der Waals surface area (Å²) in [4.78, 5) is 0. The van der Waals surface area contributed by atoms with Gasteiger partial charge < -0.3 is 18.0 Å². The fourth-order valence-corrected chi connectivity index (χ4v) is 5.02. The standard InChI is InChI=1S/C19H34O4Si/c1-5-13-21-24(22-14-6-2,17-19-11-8-7-9-12-19)23-16-10-15-20-18(3)4/h7-9,11-12,18H,5-6,10,13-17H2,1-4H3. The van der Waals surface area contributed by atoms with Crippen molar-refractivity contribution in [2.24, 2.45) is 0 Å². The smallest absolute Gasteiger partial charge is 0.379 e. The van der Waals surface area contributed by atoms with Crippen LogP contribution in [0.2, 0.25) is 0 Å². The zero-order chi connectivity index (χ0) is 17.7. The van der Waals surface area contributed by atoms with E-state index in [0.29, 0.717) is 26.4 Å². The van der Waals surface area contributed by atoms with Gasteiger partial charge in [0.25, 0.3) is 0 Å². The number of benzene rings is 1. The average molecular weight is 355 g/mol. The Morgan fingerprint density at radius 2 is 1.42 bits per heavy atom. The molecule has 0 fully saturated rings. The normalized spacial score (nSPS) is 12.0. The van der Waals surface area contributed by atoms with Gasteiger partial charge in [-0.1, -0.05) is 44.2 Å². The van der Waals surface area contributed by atoms with Gasteiger partial charge in [0.15, 0.2) is 0 Å². The Morgan fingerprint density at radius 1 is 0.833 bits per heavy atom. The predicted molar refractivity (Wildman–Crippen MR) is 100 cm³/mol. The molecule has 4 nitrogen and oxygen atoms in total. The summed E-state index contributed by atoms with van der Waals surface area (Å²) < 4.78 is 24.2. The minimum Gasteiger partial charge on any atom is -0.379 e. The molecule has 0 spiro atoms. The van der Waals surface area contributed by atoms with Crippen molar-refractivity contribution in [3.05, 3.63) is 35.9 Å². The lowest BCUT2D eigenvalue weighted by atomic mass is 10.2.